The lowest BCUT2D eigenvalue weighted by Crippen LogP contribution is -2.32. The third kappa shape index (κ3) is 2.98. The van der Waals surface area contributed by atoms with E-state index >= 15 is 0 Å². The minimum absolute atomic E-state index is 0.169. The standard InChI is InChI=1S/C13H19N3O2/c1-8-4-12(17)11(7-15-8)13(18)16-6-9-2-3-10(14)5-9/h4,7,9-10H,2-3,5-6,14H2,1H3,(H,15,17)(H,16,18). The van der Waals surface area contributed by atoms with E-state index in [0.29, 0.717) is 12.5 Å². The minimum Gasteiger partial charge on any atom is -0.364 e. The zero-order valence-corrected chi connectivity index (χ0v) is 10.5. The van der Waals surface area contributed by atoms with Crippen LogP contribution in [0.15, 0.2) is 17.1 Å². The Kier molecular flexibility index (Phi) is 3.81. The summed E-state index contributed by atoms with van der Waals surface area (Å²) >= 11 is 0. The third-order valence-electron chi connectivity index (χ3n) is 3.43. The summed E-state index contributed by atoms with van der Waals surface area (Å²) in [7, 11) is 0. The Morgan fingerprint density at radius 3 is 2.94 bits per heavy atom. The molecule has 1 aromatic rings. The van der Waals surface area contributed by atoms with Crippen molar-refractivity contribution in [2.75, 3.05) is 6.54 Å². The number of nitrogens with two attached hydrogens (primary N) is 1. The van der Waals surface area contributed by atoms with E-state index in [1.165, 1.54) is 12.3 Å². The molecule has 5 nitrogen and oxygen atoms in total. The van der Waals surface area contributed by atoms with Crippen LogP contribution in [0.2, 0.25) is 0 Å². The highest BCUT2D eigenvalue weighted by atomic mass is 16.2. The first kappa shape index (κ1) is 12.8. The summed E-state index contributed by atoms with van der Waals surface area (Å²) in [4.78, 5) is 26.4. The number of aryl methyl sites for hydroxylation is 1. The molecule has 0 spiro atoms. The quantitative estimate of drug-likeness (QED) is 0.730. The topological polar surface area (TPSA) is 88.0 Å². The van der Waals surface area contributed by atoms with E-state index in [0.717, 1.165) is 25.0 Å². The van der Waals surface area contributed by atoms with Crippen LogP contribution in [0.25, 0.3) is 0 Å². The fourth-order valence-corrected chi connectivity index (χ4v) is 2.38. The summed E-state index contributed by atoms with van der Waals surface area (Å²) in [6.45, 7) is 2.38. The minimum atomic E-state index is -0.309. The zero-order valence-electron chi connectivity index (χ0n) is 10.5. The van der Waals surface area contributed by atoms with Crippen molar-refractivity contribution in [3.05, 3.63) is 33.7 Å². The zero-order chi connectivity index (χ0) is 13.1. The molecule has 0 aliphatic heterocycles. The SMILES string of the molecule is Cc1cc(=O)c(C(=O)NCC2CCC(N)C2)c[nH]1. The van der Waals surface area contributed by atoms with Gasteiger partial charge in [-0.15, -0.1) is 0 Å². The average molecular weight is 249 g/mol. The second-order valence-electron chi connectivity index (χ2n) is 5.04. The fourth-order valence-electron chi connectivity index (χ4n) is 2.38. The summed E-state index contributed by atoms with van der Waals surface area (Å²) in [5, 5.41) is 2.81. The summed E-state index contributed by atoms with van der Waals surface area (Å²) in [5.74, 6) is 0.130. The van der Waals surface area contributed by atoms with Gasteiger partial charge in [0.05, 0.1) is 0 Å². The molecule has 1 amide bonds. The maximum absolute atomic E-state index is 11.9. The number of rotatable bonds is 3. The molecule has 0 saturated heterocycles. The molecular weight excluding hydrogens is 230 g/mol. The predicted molar refractivity (Wildman–Crippen MR) is 69.4 cm³/mol. The Labute approximate surface area is 106 Å². The molecule has 2 atom stereocenters. The largest absolute Gasteiger partial charge is 0.364 e. The van der Waals surface area contributed by atoms with Gasteiger partial charge >= 0.3 is 0 Å². The molecule has 2 rings (SSSR count). The number of H-pyrrole nitrogens is 1. The van der Waals surface area contributed by atoms with Crippen LogP contribution < -0.4 is 16.5 Å². The molecule has 98 valence electrons. The van der Waals surface area contributed by atoms with Crippen LogP contribution in [0.1, 0.15) is 35.3 Å². The van der Waals surface area contributed by atoms with E-state index in [1.54, 1.807) is 6.92 Å². The molecule has 1 aliphatic rings. The van der Waals surface area contributed by atoms with Crippen LogP contribution in [0.3, 0.4) is 0 Å². The molecule has 5 heteroatoms. The van der Waals surface area contributed by atoms with Crippen molar-refractivity contribution in [2.45, 2.75) is 32.2 Å². The fraction of sp³-hybridized carbons (Fsp3) is 0.538. The molecule has 1 fully saturated rings. The Bertz CT molecular complexity index is 495. The number of hydrogen-bond acceptors (Lipinski definition) is 3. The summed E-state index contributed by atoms with van der Waals surface area (Å²) < 4.78 is 0. The van der Waals surface area contributed by atoms with Crippen LogP contribution in [0, 0.1) is 12.8 Å². The van der Waals surface area contributed by atoms with Crippen molar-refractivity contribution >= 4 is 5.91 Å². The van der Waals surface area contributed by atoms with E-state index in [2.05, 4.69) is 10.3 Å². The van der Waals surface area contributed by atoms with Crippen LogP contribution in [-0.2, 0) is 0 Å². The summed E-state index contributed by atoms with van der Waals surface area (Å²) in [6, 6.07) is 1.69. The molecule has 0 bridgehead atoms. The lowest BCUT2D eigenvalue weighted by molar-refractivity contribution is 0.0946. The Hall–Kier alpha value is -1.62. The number of carbonyl (C=O) groups is 1. The number of amides is 1. The molecule has 4 N–H and O–H groups in total. The molecule has 1 aliphatic carbocycles. The van der Waals surface area contributed by atoms with Gasteiger partial charge in [0.15, 0.2) is 5.43 Å². The Balaban J connectivity index is 1.93. The molecule has 0 radical (unpaired) electrons. The average Bonchev–Trinajstić information content (AvgIpc) is 2.72. The number of pyridine rings is 1. The van der Waals surface area contributed by atoms with Crippen molar-refractivity contribution in [3.63, 3.8) is 0 Å². The molecule has 1 aromatic heterocycles. The highest BCUT2D eigenvalue weighted by molar-refractivity contribution is 5.93. The molecule has 1 heterocycles. The number of carbonyl (C=O) groups excluding carboxylic acids is 1. The Morgan fingerprint density at radius 1 is 1.56 bits per heavy atom. The van der Waals surface area contributed by atoms with Gasteiger partial charge in [0.25, 0.3) is 5.91 Å². The van der Waals surface area contributed by atoms with E-state index < -0.39 is 0 Å². The van der Waals surface area contributed by atoms with Gasteiger partial charge in [-0.25, -0.2) is 0 Å². The van der Waals surface area contributed by atoms with Gasteiger partial charge in [-0.2, -0.15) is 0 Å². The second-order valence-corrected chi connectivity index (χ2v) is 5.04. The van der Waals surface area contributed by atoms with E-state index in [9.17, 15) is 9.59 Å². The first-order valence-electron chi connectivity index (χ1n) is 6.29. The van der Waals surface area contributed by atoms with Crippen LogP contribution in [0.4, 0.5) is 0 Å². The lowest BCUT2D eigenvalue weighted by Gasteiger charge is -2.10. The van der Waals surface area contributed by atoms with Crippen molar-refractivity contribution in [3.8, 4) is 0 Å². The molecular formula is C13H19N3O2. The van der Waals surface area contributed by atoms with Crippen LogP contribution >= 0.6 is 0 Å². The third-order valence-corrected chi connectivity index (χ3v) is 3.43. The maximum atomic E-state index is 11.9. The normalized spacial score (nSPS) is 23.0. The molecule has 0 aromatic carbocycles. The first-order valence-corrected chi connectivity index (χ1v) is 6.29. The number of aromatic nitrogens is 1. The van der Waals surface area contributed by atoms with Gasteiger partial charge in [0.1, 0.15) is 5.56 Å². The molecule has 18 heavy (non-hydrogen) atoms. The summed E-state index contributed by atoms with van der Waals surface area (Å²) in [6.07, 6.45) is 4.48. The van der Waals surface area contributed by atoms with Gasteiger partial charge in [-0.1, -0.05) is 0 Å². The van der Waals surface area contributed by atoms with Gasteiger partial charge < -0.3 is 16.0 Å². The predicted octanol–water partition coefficient (Wildman–Crippen LogP) is 0.541. The van der Waals surface area contributed by atoms with Crippen molar-refractivity contribution < 1.29 is 4.79 Å². The maximum Gasteiger partial charge on any atom is 0.256 e. The Morgan fingerprint density at radius 2 is 2.33 bits per heavy atom. The summed E-state index contributed by atoms with van der Waals surface area (Å²) in [5.41, 5.74) is 6.49. The number of nitrogens with one attached hydrogen (secondary N) is 2. The van der Waals surface area contributed by atoms with E-state index in [4.69, 9.17) is 5.73 Å². The molecule has 1 saturated carbocycles. The molecule has 2 unspecified atom stereocenters. The highest BCUT2D eigenvalue weighted by Crippen LogP contribution is 2.23. The van der Waals surface area contributed by atoms with Gasteiger partial charge in [0.2, 0.25) is 0 Å². The lowest BCUT2D eigenvalue weighted by atomic mass is 10.1. The number of aromatic amines is 1. The van der Waals surface area contributed by atoms with Crippen LogP contribution in [0.5, 0.6) is 0 Å². The van der Waals surface area contributed by atoms with Crippen molar-refractivity contribution in [1.29, 1.82) is 0 Å². The highest BCUT2D eigenvalue weighted by Gasteiger charge is 2.22. The van der Waals surface area contributed by atoms with Gasteiger partial charge in [0, 0.05) is 30.5 Å². The van der Waals surface area contributed by atoms with E-state index in [1.807, 2.05) is 0 Å². The van der Waals surface area contributed by atoms with Gasteiger partial charge in [-0.05, 0) is 32.1 Å². The number of hydrogen-bond donors (Lipinski definition) is 3. The first-order chi connectivity index (χ1) is 8.56. The van der Waals surface area contributed by atoms with Gasteiger partial charge in [-0.3, -0.25) is 9.59 Å². The van der Waals surface area contributed by atoms with Crippen molar-refractivity contribution in [2.24, 2.45) is 11.7 Å². The van der Waals surface area contributed by atoms with E-state index in [-0.39, 0.29) is 22.9 Å². The monoisotopic (exact) mass is 249 g/mol. The van der Waals surface area contributed by atoms with Crippen molar-refractivity contribution in [1.82, 2.24) is 10.3 Å². The van der Waals surface area contributed by atoms with Crippen LogP contribution in [-0.4, -0.2) is 23.5 Å². The smallest absolute Gasteiger partial charge is 0.256 e. The second kappa shape index (κ2) is 5.35.